The molecule has 1 saturated heterocycles. The summed E-state index contributed by atoms with van der Waals surface area (Å²) in [5, 5.41) is 60.4. The molecular weight excluding hydrogens is 1720 g/mol. The number of carboxylic acid groups (broad SMARTS) is 1. The Hall–Kier alpha value is -10.3. The Morgan fingerprint density at radius 3 is 1.61 bits per heavy atom. The van der Waals surface area contributed by atoms with E-state index in [1.54, 1.807) is 50.2 Å². The van der Waals surface area contributed by atoms with Crippen LogP contribution in [0.1, 0.15) is 160 Å². The molecule has 2 unspecified atom stereocenters. The molecule has 8 atom stereocenters. The Kier molecular flexibility index (Phi) is 51.3. The molecule has 46 heteroatoms. The number of aliphatic hydroxyl groups excluding tert-OH is 1. The van der Waals surface area contributed by atoms with Gasteiger partial charge in [0.15, 0.2) is 5.34 Å². The predicted molar refractivity (Wildman–Crippen MR) is 466 cm³/mol. The minimum atomic E-state index is -4.70. The number of imide groups is 1. The van der Waals surface area contributed by atoms with Gasteiger partial charge < -0.3 is 130 Å². The van der Waals surface area contributed by atoms with Crippen molar-refractivity contribution in [2.45, 2.75) is 209 Å². The van der Waals surface area contributed by atoms with Gasteiger partial charge in [-0.05, 0) is 138 Å². The maximum absolute atomic E-state index is 13.9. The average Bonchev–Trinajstić information content (AvgIpc) is 1.68. The van der Waals surface area contributed by atoms with E-state index in [9.17, 15) is 111 Å². The molecule has 1 aliphatic carbocycles. The number of likely N-dealkylation sites (tertiary alicyclic amines) is 1. The van der Waals surface area contributed by atoms with Crippen molar-refractivity contribution in [2.24, 2.45) is 35.0 Å². The smallest absolute Gasteiger partial charge is 0.356 e. The van der Waals surface area contributed by atoms with Crippen molar-refractivity contribution in [3.05, 3.63) is 59.7 Å². The first-order chi connectivity index (χ1) is 60.8. The Morgan fingerprint density at radius 1 is 0.555 bits per heavy atom. The van der Waals surface area contributed by atoms with Gasteiger partial charge in [-0.2, -0.15) is 0 Å². The van der Waals surface area contributed by atoms with Gasteiger partial charge >= 0.3 is 25.6 Å². The Labute approximate surface area is 747 Å². The van der Waals surface area contributed by atoms with Gasteiger partial charge in [-0.15, -0.1) is 11.8 Å². The minimum absolute atomic E-state index is 0.00840. The van der Waals surface area contributed by atoms with E-state index in [2.05, 4.69) is 69.1 Å². The lowest BCUT2D eigenvalue weighted by molar-refractivity contribution is -0.140. The fourth-order valence-corrected chi connectivity index (χ4v) is 14.7. The van der Waals surface area contributed by atoms with Crippen molar-refractivity contribution in [3.8, 4) is 0 Å². The molecular formula is C82H130N17O27PS. The monoisotopic (exact) mass is 1850 g/mol. The maximum Gasteiger partial charge on any atom is 0.356 e. The summed E-state index contributed by atoms with van der Waals surface area (Å²) >= 11 is 1.12. The molecule has 44 nitrogen and oxygen atoms in total. The first-order valence-corrected chi connectivity index (χ1v) is 45.5. The summed E-state index contributed by atoms with van der Waals surface area (Å²) in [4.78, 5) is 237. The van der Waals surface area contributed by atoms with E-state index in [0.29, 0.717) is 61.9 Å². The number of nitrogens with two attached hydrogens (primary N) is 3. The van der Waals surface area contributed by atoms with Gasteiger partial charge in [0.1, 0.15) is 36.0 Å². The molecule has 2 aromatic rings. The molecule has 17 amide bonds. The number of unbranched alkanes of at least 4 members (excludes halogenated alkanes) is 2. The lowest BCUT2D eigenvalue weighted by Crippen LogP contribution is -2.60. The van der Waals surface area contributed by atoms with E-state index in [0.717, 1.165) is 24.2 Å². The van der Waals surface area contributed by atoms with E-state index in [4.69, 9.17) is 36.1 Å². The number of rotatable bonds is 65. The fraction of sp³-hybridized carbons (Fsp3) is 0.646. The number of amides is 17. The van der Waals surface area contributed by atoms with Crippen LogP contribution < -0.4 is 86.3 Å². The number of hydrogen-bond acceptors (Lipinski definition) is 26. The molecule has 1 heterocycles. The first-order valence-electron chi connectivity index (χ1n) is 42.8. The van der Waals surface area contributed by atoms with Crippen LogP contribution in [0.5, 0.6) is 0 Å². The van der Waals surface area contributed by atoms with E-state index >= 15 is 0 Å². The number of aryl methyl sites for hydroxylation is 1. The highest BCUT2D eigenvalue weighted by Gasteiger charge is 2.43. The number of carbonyl (C=O) groups is 17. The van der Waals surface area contributed by atoms with Gasteiger partial charge in [-0.1, -0.05) is 44.2 Å². The molecule has 1 aliphatic heterocycles. The van der Waals surface area contributed by atoms with Gasteiger partial charge in [0, 0.05) is 114 Å². The summed E-state index contributed by atoms with van der Waals surface area (Å²) in [5.74, 6) is -9.96. The summed E-state index contributed by atoms with van der Waals surface area (Å²) in [5.41, 5.74) is 19.2. The molecule has 0 radical (unpaired) electrons. The number of Topliss-reactive ketones (excluding diaryl/α,β-unsaturated/α-hetero) is 1. The molecule has 0 spiro atoms. The molecule has 2 fully saturated rings. The van der Waals surface area contributed by atoms with Crippen molar-refractivity contribution in [1.29, 1.82) is 0 Å². The van der Waals surface area contributed by atoms with E-state index in [1.165, 1.54) is 4.90 Å². The number of ketones is 1. The van der Waals surface area contributed by atoms with Crippen LogP contribution in [0.4, 0.5) is 21.0 Å². The molecule has 2 aromatic carbocycles. The van der Waals surface area contributed by atoms with Crippen LogP contribution in [-0.2, 0) is 102 Å². The SMILES string of the molecule is Cc1ccccc1NC(=O)Nc1ccc(CC(=O)N[C@@H](CCCNC(N)=O)C(=O)N[C@@H](CCC(=O)O)C(=O)N[C@@H](CO)C(=O)N[C@H](C(=O)NCCOCCOCCNC(=O)CCC(=O)NCCOCCOCCNC(=O)CCC(=O)N[C@@H](CCCCNC(=O)[C@H](N)CSC2CC(=O)N(CC3CCC(C(=O)CCCCC(C)(O)P(=O)(O)O)CC3)C2=O)C(N)=O)C(C)C)cc1. The van der Waals surface area contributed by atoms with Gasteiger partial charge in [-0.25, -0.2) is 9.59 Å². The zero-order chi connectivity index (χ0) is 94.7. The van der Waals surface area contributed by atoms with Crippen molar-refractivity contribution >= 4 is 131 Å². The average molecular weight is 1850 g/mol. The molecule has 4 rings (SSSR count). The molecule has 1 saturated carbocycles. The number of benzene rings is 2. The summed E-state index contributed by atoms with van der Waals surface area (Å²) in [6, 6.07) is 4.23. The van der Waals surface area contributed by atoms with Crippen molar-refractivity contribution in [1.82, 2.24) is 63.4 Å². The number of urea groups is 2. The van der Waals surface area contributed by atoms with Gasteiger partial charge in [-0.3, -0.25) is 81.4 Å². The van der Waals surface area contributed by atoms with Crippen LogP contribution in [0.2, 0.25) is 0 Å². The van der Waals surface area contributed by atoms with Crippen LogP contribution in [0, 0.1) is 24.7 Å². The lowest BCUT2D eigenvalue weighted by Gasteiger charge is -2.30. The number of hydrogen-bond donors (Lipinski definition) is 21. The summed E-state index contributed by atoms with van der Waals surface area (Å²) in [6.07, 6.45) is 2.11. The second-order valence-electron chi connectivity index (χ2n) is 31.5. The van der Waals surface area contributed by atoms with Crippen LogP contribution in [0.25, 0.3) is 0 Å². The van der Waals surface area contributed by atoms with Crippen molar-refractivity contribution in [2.75, 3.05) is 122 Å². The number of carboxylic acids is 1. The quantitative estimate of drug-likeness (QED) is 0.0202. The maximum atomic E-state index is 13.9. The largest absolute Gasteiger partial charge is 0.481 e. The number of aliphatic carboxylic acids is 1. The van der Waals surface area contributed by atoms with E-state index in [1.807, 2.05) is 19.1 Å². The van der Waals surface area contributed by atoms with Crippen molar-refractivity contribution < 1.29 is 130 Å². The van der Waals surface area contributed by atoms with Gasteiger partial charge in [0.05, 0.1) is 77.2 Å². The second-order valence-corrected chi connectivity index (χ2v) is 34.8. The number of primary amides is 2. The van der Waals surface area contributed by atoms with Crippen LogP contribution in [-0.4, -0.2) is 288 Å². The number of para-hydroxylation sites is 1. The predicted octanol–water partition coefficient (Wildman–Crippen LogP) is -1.56. The van der Waals surface area contributed by atoms with E-state index < -0.39 is 151 Å². The highest BCUT2D eigenvalue weighted by Crippen LogP contribution is 2.51. The zero-order valence-electron chi connectivity index (χ0n) is 73.0. The minimum Gasteiger partial charge on any atom is -0.481 e. The summed E-state index contributed by atoms with van der Waals surface area (Å²) in [6.45, 7) is 6.97. The molecule has 0 bridgehead atoms. The first kappa shape index (κ1) is 110. The third kappa shape index (κ3) is 44.6. The Morgan fingerprint density at radius 2 is 1.07 bits per heavy atom. The zero-order valence-corrected chi connectivity index (χ0v) is 74.7. The number of nitrogens with zero attached hydrogens (tertiary/aromatic N) is 1. The number of carbonyl (C=O) groups excluding carboxylic acids is 16. The van der Waals surface area contributed by atoms with Gasteiger partial charge in [0.2, 0.25) is 76.8 Å². The normalized spacial score (nSPS) is 16.3. The molecule has 24 N–H and O–H groups in total. The van der Waals surface area contributed by atoms with Gasteiger partial charge in [0.25, 0.3) is 0 Å². The third-order valence-corrected chi connectivity index (χ3v) is 23.5. The lowest BCUT2D eigenvalue weighted by atomic mass is 9.79. The molecule has 0 aromatic heterocycles. The van der Waals surface area contributed by atoms with Crippen molar-refractivity contribution in [3.63, 3.8) is 0 Å². The highest BCUT2D eigenvalue weighted by molar-refractivity contribution is 8.00. The Balaban J connectivity index is 0.982. The second kappa shape index (κ2) is 59.7. The number of ether oxygens (including phenoxy) is 4. The topological polar surface area (TPSA) is 683 Å². The standard InChI is InChI=1S/C82H130N17O27PS/c1-51(2)72(98-77(114)62(49-100)96-76(113)61(25-30-71(108)109)95-75(112)60(15-11-33-91-80(85)117)94-69(106)46-53-19-23-56(24-20-53)92-81(118)97-58-13-6-5-12-52(58)3)78(115)90-37-41-126-45-44-125-39-35-87-66(103)27-26-65(102)86-34-38-123-42-43-124-40-36-88-67(104)28-29-68(105)93-59(73(84)110)14-8-10-32-89-74(111)57(83)50-128-64-47-70(107)99(79(64)116)48-54-17-21-55(22-18-54)63(101)16-7-9-31-82(4,119)127(120,121)122/h5-6,12-13,19-20,23-24,51,54-55,57,59-62,64,72,100,119H,7-11,14-18,21-22,25-50,83H2,1-4H3,(H2,84,110)(H,86,102)(H,87,103)(H,88,104)(H,89,111)(H,90,115)(H,93,105)(H,94,106)(H,95,112)(H,96,113)(H,98,114)(H,108,109)(H3,85,91,117)(H2,92,97,118)(H2,120,121,122)/t54?,55?,57-,59+,60+,61+,62+,64?,72+,82?/m1/s1. The number of anilines is 2. The number of aliphatic hydroxyl groups is 2. The van der Waals surface area contributed by atoms with Crippen LogP contribution in [0.15, 0.2) is 48.5 Å². The summed E-state index contributed by atoms with van der Waals surface area (Å²) < 4.78 is 33.4. The molecule has 716 valence electrons. The molecule has 2 aliphatic rings. The van der Waals surface area contributed by atoms with E-state index in [-0.39, 0.29) is 223 Å². The number of nitrogens with one attached hydrogen (secondary N) is 13. The summed E-state index contributed by atoms with van der Waals surface area (Å²) in [7, 11) is -4.70. The van der Waals surface area contributed by atoms with Crippen LogP contribution >= 0.6 is 19.4 Å². The highest BCUT2D eigenvalue weighted by atomic mass is 32.2. The fourth-order valence-electron chi connectivity index (χ4n) is 13.2. The number of thioether (sulfide) groups is 1. The van der Waals surface area contributed by atoms with Crippen LogP contribution in [0.3, 0.4) is 0 Å². The third-order valence-electron chi connectivity index (χ3n) is 20.7. The Bertz CT molecular complexity index is 4030. The molecule has 128 heavy (non-hydrogen) atoms.